The first-order chi connectivity index (χ1) is 8.50. The van der Waals surface area contributed by atoms with Crippen LogP contribution in [0.2, 0.25) is 0 Å². The summed E-state index contributed by atoms with van der Waals surface area (Å²) in [5, 5.41) is 4.11. The van der Waals surface area contributed by atoms with Gasteiger partial charge < -0.3 is 4.74 Å². The van der Waals surface area contributed by atoms with E-state index < -0.39 is 5.60 Å². The lowest BCUT2D eigenvalue weighted by Gasteiger charge is -2.37. The van der Waals surface area contributed by atoms with Crippen LogP contribution in [0.3, 0.4) is 0 Å². The van der Waals surface area contributed by atoms with Crippen LogP contribution in [-0.2, 0) is 11.8 Å². The molecule has 1 fully saturated rings. The lowest BCUT2D eigenvalue weighted by Crippen LogP contribution is -2.45. The van der Waals surface area contributed by atoms with E-state index in [0.29, 0.717) is 11.6 Å². The zero-order valence-corrected chi connectivity index (χ0v) is 12.7. The normalized spacial score (nSPS) is 28.3. The van der Waals surface area contributed by atoms with Gasteiger partial charge in [-0.15, -0.1) is 0 Å². The lowest BCUT2D eigenvalue weighted by atomic mass is 9.75. The van der Waals surface area contributed by atoms with Gasteiger partial charge in [-0.05, 0) is 41.1 Å². The Morgan fingerprint density at radius 3 is 2.89 bits per heavy atom. The van der Waals surface area contributed by atoms with Crippen molar-refractivity contribution in [2.75, 3.05) is 7.11 Å². The number of methoxy groups -OCH3 is 1. The Bertz CT molecular complexity index is 438. The smallest absolute Gasteiger partial charge is 0.213 e. The first-order valence-corrected chi connectivity index (χ1v) is 7.07. The van der Waals surface area contributed by atoms with E-state index in [9.17, 15) is 4.79 Å². The van der Waals surface area contributed by atoms with Crippen LogP contribution in [0.5, 0.6) is 0 Å². The van der Waals surface area contributed by atoms with Gasteiger partial charge in [0.05, 0.1) is 10.7 Å². The number of aryl methyl sites for hydroxylation is 1. The van der Waals surface area contributed by atoms with Crippen molar-refractivity contribution >= 4 is 21.7 Å². The van der Waals surface area contributed by atoms with Crippen molar-refractivity contribution < 1.29 is 9.53 Å². The molecule has 0 bridgehead atoms. The largest absolute Gasteiger partial charge is 0.370 e. The predicted molar refractivity (Wildman–Crippen MR) is 72.6 cm³/mol. The number of hydrogen-bond donors (Lipinski definition) is 0. The molecule has 0 amide bonds. The molecule has 0 saturated heterocycles. The molecule has 1 aromatic rings. The van der Waals surface area contributed by atoms with Crippen LogP contribution in [0.15, 0.2) is 10.7 Å². The number of halogens is 1. The Morgan fingerprint density at radius 1 is 1.67 bits per heavy atom. The van der Waals surface area contributed by atoms with Gasteiger partial charge in [-0.2, -0.15) is 5.10 Å². The summed E-state index contributed by atoms with van der Waals surface area (Å²) < 4.78 is 7.99. The van der Waals surface area contributed by atoms with E-state index in [1.165, 1.54) is 6.42 Å². The molecule has 5 heteroatoms. The Balaban J connectivity index is 2.36. The highest BCUT2D eigenvalue weighted by Gasteiger charge is 2.44. The van der Waals surface area contributed by atoms with Crippen LogP contribution in [0.25, 0.3) is 0 Å². The summed E-state index contributed by atoms with van der Waals surface area (Å²) in [6.07, 6.45) is 5.45. The molecular formula is C13H19BrN2O2. The summed E-state index contributed by atoms with van der Waals surface area (Å²) in [6, 6.07) is 0. The number of hydrogen-bond acceptors (Lipinski definition) is 3. The lowest BCUT2D eigenvalue weighted by molar-refractivity contribution is -0.0309. The first-order valence-electron chi connectivity index (χ1n) is 6.27. The molecule has 2 rings (SSSR count). The third-order valence-electron chi connectivity index (χ3n) is 3.87. The van der Waals surface area contributed by atoms with Crippen LogP contribution >= 0.6 is 15.9 Å². The van der Waals surface area contributed by atoms with Crippen molar-refractivity contribution in [2.24, 2.45) is 13.0 Å². The van der Waals surface area contributed by atoms with Crippen molar-refractivity contribution in [2.45, 2.75) is 38.2 Å². The van der Waals surface area contributed by atoms with E-state index in [1.54, 1.807) is 25.0 Å². The molecule has 0 aromatic carbocycles. The van der Waals surface area contributed by atoms with Gasteiger partial charge in [0.25, 0.3) is 0 Å². The van der Waals surface area contributed by atoms with Crippen molar-refractivity contribution in [1.82, 2.24) is 9.78 Å². The minimum absolute atomic E-state index is 0.0448. The van der Waals surface area contributed by atoms with Gasteiger partial charge in [0.2, 0.25) is 5.78 Å². The Labute approximate surface area is 116 Å². The Hall–Kier alpha value is -0.680. The van der Waals surface area contributed by atoms with Gasteiger partial charge in [0.15, 0.2) is 0 Å². The second kappa shape index (κ2) is 5.13. The molecule has 1 heterocycles. The molecule has 18 heavy (non-hydrogen) atoms. The van der Waals surface area contributed by atoms with Crippen molar-refractivity contribution in [3.05, 3.63) is 16.4 Å². The van der Waals surface area contributed by atoms with Crippen LogP contribution in [0, 0.1) is 5.92 Å². The van der Waals surface area contributed by atoms with E-state index in [1.807, 2.05) is 0 Å². The number of ether oxygens (including phenoxy) is 1. The van der Waals surface area contributed by atoms with Crippen LogP contribution < -0.4 is 0 Å². The number of carbonyl (C=O) groups excluding carboxylic acids is 1. The van der Waals surface area contributed by atoms with Crippen LogP contribution in [-0.4, -0.2) is 28.3 Å². The Morgan fingerprint density at radius 2 is 2.39 bits per heavy atom. The molecule has 1 saturated carbocycles. The average molecular weight is 315 g/mol. The van der Waals surface area contributed by atoms with Gasteiger partial charge >= 0.3 is 0 Å². The molecule has 4 nitrogen and oxygen atoms in total. The maximum atomic E-state index is 12.8. The highest BCUT2D eigenvalue weighted by Crippen LogP contribution is 2.38. The molecule has 100 valence electrons. The van der Waals surface area contributed by atoms with E-state index >= 15 is 0 Å². The summed E-state index contributed by atoms with van der Waals surface area (Å²) in [5.41, 5.74) is -0.0699. The molecule has 1 aliphatic rings. The van der Waals surface area contributed by atoms with Gasteiger partial charge in [0.1, 0.15) is 11.3 Å². The number of rotatable bonds is 3. The molecule has 0 N–H and O–H groups in total. The molecule has 2 atom stereocenters. The fraction of sp³-hybridized carbons (Fsp3) is 0.692. The third-order valence-corrected chi connectivity index (χ3v) is 4.45. The number of carbonyl (C=O) groups is 1. The van der Waals surface area contributed by atoms with Crippen molar-refractivity contribution in [3.8, 4) is 0 Å². The molecule has 1 aliphatic carbocycles. The first kappa shape index (κ1) is 13.7. The molecule has 0 aliphatic heterocycles. The predicted octanol–water partition coefficient (Wildman–Crippen LogP) is 2.96. The molecular weight excluding hydrogens is 296 g/mol. The standard InChI is InChI=1S/C13H19BrN2O2/c1-9-5-4-6-13(7-9,18-3)12(17)11-10(14)8-15-16(11)2/h8-9H,4-7H2,1-3H3. The summed E-state index contributed by atoms with van der Waals surface area (Å²) in [4.78, 5) is 12.8. The monoisotopic (exact) mass is 314 g/mol. The molecule has 0 spiro atoms. The summed E-state index contributed by atoms with van der Waals surface area (Å²) in [6.45, 7) is 2.18. The van der Waals surface area contributed by atoms with E-state index in [4.69, 9.17) is 4.74 Å². The average Bonchev–Trinajstić information content (AvgIpc) is 2.68. The van der Waals surface area contributed by atoms with Crippen LogP contribution in [0.1, 0.15) is 43.1 Å². The second-order valence-electron chi connectivity index (χ2n) is 5.19. The minimum atomic E-state index is -0.673. The van der Waals surface area contributed by atoms with Crippen LogP contribution in [0.4, 0.5) is 0 Å². The second-order valence-corrected chi connectivity index (χ2v) is 6.05. The van der Waals surface area contributed by atoms with E-state index in [-0.39, 0.29) is 5.78 Å². The number of Topliss-reactive ketones (excluding diaryl/α,β-unsaturated/α-hetero) is 1. The minimum Gasteiger partial charge on any atom is -0.370 e. The molecule has 0 radical (unpaired) electrons. The molecule has 1 aromatic heterocycles. The maximum absolute atomic E-state index is 12.8. The SMILES string of the molecule is COC1(C(=O)c2c(Br)cnn2C)CCCC(C)C1. The fourth-order valence-corrected chi connectivity index (χ4v) is 3.40. The number of nitrogens with zero attached hydrogens (tertiary/aromatic N) is 2. The maximum Gasteiger partial charge on any atom is 0.213 e. The highest BCUT2D eigenvalue weighted by atomic mass is 79.9. The van der Waals surface area contributed by atoms with Crippen molar-refractivity contribution in [3.63, 3.8) is 0 Å². The van der Waals surface area contributed by atoms with Gasteiger partial charge in [-0.3, -0.25) is 9.48 Å². The number of ketones is 1. The quantitative estimate of drug-likeness (QED) is 0.806. The van der Waals surface area contributed by atoms with E-state index in [2.05, 4.69) is 28.0 Å². The Kier molecular flexibility index (Phi) is 3.92. The van der Waals surface area contributed by atoms with Gasteiger partial charge in [-0.1, -0.05) is 13.3 Å². The van der Waals surface area contributed by atoms with Gasteiger partial charge in [-0.25, -0.2) is 0 Å². The van der Waals surface area contributed by atoms with E-state index in [0.717, 1.165) is 23.7 Å². The van der Waals surface area contributed by atoms with Crippen molar-refractivity contribution in [1.29, 1.82) is 0 Å². The topological polar surface area (TPSA) is 44.1 Å². The van der Waals surface area contributed by atoms with Gasteiger partial charge in [0, 0.05) is 14.2 Å². The zero-order valence-electron chi connectivity index (χ0n) is 11.1. The summed E-state index contributed by atoms with van der Waals surface area (Å²) in [5.74, 6) is 0.568. The highest BCUT2D eigenvalue weighted by molar-refractivity contribution is 9.10. The third kappa shape index (κ3) is 2.26. The molecule has 2 unspecified atom stereocenters. The number of aromatic nitrogens is 2. The zero-order chi connectivity index (χ0) is 13.3. The summed E-state index contributed by atoms with van der Waals surface area (Å²) >= 11 is 3.39. The fourth-order valence-electron chi connectivity index (χ4n) is 2.87. The summed E-state index contributed by atoms with van der Waals surface area (Å²) in [7, 11) is 3.42.